The smallest absolute Gasteiger partial charge is 0.314 e. The van der Waals surface area contributed by atoms with Gasteiger partial charge in [0.05, 0.1) is 23.7 Å². The number of hydrogen-bond acceptors (Lipinski definition) is 5. The molecule has 0 unspecified atom stereocenters. The zero-order chi connectivity index (χ0) is 13.2. The second kappa shape index (κ2) is 5.14. The topological polar surface area (TPSA) is 83.8 Å². The average Bonchev–Trinajstić information content (AvgIpc) is 2.23. The predicted molar refractivity (Wildman–Crippen MR) is 60.2 cm³/mol. The summed E-state index contributed by atoms with van der Waals surface area (Å²) in [6.45, 7) is 4.72. The summed E-state index contributed by atoms with van der Waals surface area (Å²) in [4.78, 5) is 23.3. The Balaban J connectivity index is 2.92. The highest BCUT2D eigenvalue weighted by Crippen LogP contribution is 2.28. The SMILES string of the molecule is C[C@@H]1CCC(=O)C[C@@H](O)[C@@H](O)C(C)(C)C(=O)O1. The molecule has 98 valence electrons. The van der Waals surface area contributed by atoms with Gasteiger partial charge in [-0.3, -0.25) is 9.59 Å². The molecule has 5 heteroatoms. The van der Waals surface area contributed by atoms with E-state index in [1.54, 1.807) is 6.92 Å². The highest BCUT2D eigenvalue weighted by Gasteiger charge is 2.42. The van der Waals surface area contributed by atoms with E-state index in [2.05, 4.69) is 0 Å². The van der Waals surface area contributed by atoms with Crippen molar-refractivity contribution in [3.8, 4) is 0 Å². The molecule has 0 amide bonds. The number of cyclic esters (lactones) is 1. The van der Waals surface area contributed by atoms with Crippen LogP contribution in [0.2, 0.25) is 0 Å². The summed E-state index contributed by atoms with van der Waals surface area (Å²) in [7, 11) is 0. The predicted octanol–water partition coefficient (Wildman–Crippen LogP) is 0.419. The highest BCUT2D eigenvalue weighted by molar-refractivity contribution is 5.80. The minimum absolute atomic E-state index is 0.120. The first kappa shape index (κ1) is 14.1. The van der Waals surface area contributed by atoms with Crippen molar-refractivity contribution < 1.29 is 24.5 Å². The number of carbonyl (C=O) groups is 2. The molecule has 5 nitrogen and oxygen atoms in total. The monoisotopic (exact) mass is 244 g/mol. The van der Waals surface area contributed by atoms with E-state index in [-0.39, 0.29) is 24.7 Å². The van der Waals surface area contributed by atoms with Gasteiger partial charge in [-0.25, -0.2) is 0 Å². The van der Waals surface area contributed by atoms with Crippen LogP contribution in [0, 0.1) is 5.41 Å². The molecule has 1 fully saturated rings. The van der Waals surface area contributed by atoms with Gasteiger partial charge in [0.15, 0.2) is 0 Å². The molecule has 17 heavy (non-hydrogen) atoms. The van der Waals surface area contributed by atoms with Gasteiger partial charge in [0, 0.05) is 12.8 Å². The third-order valence-electron chi connectivity index (χ3n) is 3.20. The van der Waals surface area contributed by atoms with E-state index in [4.69, 9.17) is 4.74 Å². The number of ether oxygens (including phenoxy) is 1. The third-order valence-corrected chi connectivity index (χ3v) is 3.20. The van der Waals surface area contributed by atoms with E-state index >= 15 is 0 Å². The van der Waals surface area contributed by atoms with Crippen LogP contribution in [0.25, 0.3) is 0 Å². The highest BCUT2D eigenvalue weighted by atomic mass is 16.5. The van der Waals surface area contributed by atoms with Gasteiger partial charge < -0.3 is 14.9 Å². The lowest BCUT2D eigenvalue weighted by Gasteiger charge is -2.33. The van der Waals surface area contributed by atoms with Crippen LogP contribution in [0.3, 0.4) is 0 Å². The quantitative estimate of drug-likeness (QED) is 0.603. The molecular formula is C12H20O5. The van der Waals surface area contributed by atoms with Crippen molar-refractivity contribution in [3.63, 3.8) is 0 Å². The summed E-state index contributed by atoms with van der Waals surface area (Å²) < 4.78 is 5.15. The summed E-state index contributed by atoms with van der Waals surface area (Å²) >= 11 is 0. The molecule has 3 atom stereocenters. The summed E-state index contributed by atoms with van der Waals surface area (Å²) in [5.74, 6) is -0.678. The zero-order valence-corrected chi connectivity index (χ0v) is 10.5. The first-order chi connectivity index (χ1) is 7.75. The fourth-order valence-corrected chi connectivity index (χ4v) is 1.81. The van der Waals surface area contributed by atoms with Crippen LogP contribution in [-0.2, 0) is 14.3 Å². The number of esters is 1. The molecule has 0 aromatic rings. The number of carbonyl (C=O) groups excluding carboxylic acids is 2. The maximum absolute atomic E-state index is 11.8. The minimum Gasteiger partial charge on any atom is -0.462 e. The molecule has 0 radical (unpaired) electrons. The van der Waals surface area contributed by atoms with Gasteiger partial charge in [0.2, 0.25) is 0 Å². The van der Waals surface area contributed by atoms with E-state index in [9.17, 15) is 19.8 Å². The Morgan fingerprint density at radius 1 is 1.29 bits per heavy atom. The van der Waals surface area contributed by atoms with Gasteiger partial charge in [-0.1, -0.05) is 0 Å². The number of aliphatic hydroxyl groups excluding tert-OH is 2. The fourth-order valence-electron chi connectivity index (χ4n) is 1.81. The maximum Gasteiger partial charge on any atom is 0.314 e. The van der Waals surface area contributed by atoms with Crippen LogP contribution in [0.5, 0.6) is 0 Å². The van der Waals surface area contributed by atoms with Gasteiger partial charge in [0.1, 0.15) is 5.78 Å². The van der Waals surface area contributed by atoms with Gasteiger partial charge in [-0.05, 0) is 27.2 Å². The summed E-state index contributed by atoms with van der Waals surface area (Å²) in [5, 5.41) is 19.6. The fraction of sp³-hybridized carbons (Fsp3) is 0.833. The van der Waals surface area contributed by atoms with E-state index in [1.807, 2.05) is 0 Å². The Kier molecular flexibility index (Phi) is 4.27. The lowest BCUT2D eigenvalue weighted by atomic mass is 9.81. The number of Topliss-reactive ketones (excluding diaryl/α,β-unsaturated/α-hetero) is 1. The standard InChI is InChI=1S/C12H20O5/c1-7-4-5-8(13)6-9(14)10(15)12(2,3)11(16)17-7/h7,9-10,14-15H,4-6H2,1-3H3/t7-,9-,10-/m1/s1. The second-order valence-corrected chi connectivity index (χ2v) is 5.23. The van der Waals surface area contributed by atoms with E-state index in [0.717, 1.165) is 0 Å². The number of aliphatic hydroxyl groups is 2. The van der Waals surface area contributed by atoms with Crippen LogP contribution in [0.1, 0.15) is 40.0 Å². The molecule has 1 rings (SSSR count). The largest absolute Gasteiger partial charge is 0.462 e. The van der Waals surface area contributed by atoms with Crippen molar-refractivity contribution in [1.82, 2.24) is 0 Å². The van der Waals surface area contributed by atoms with Crippen LogP contribution < -0.4 is 0 Å². The van der Waals surface area contributed by atoms with Crippen molar-refractivity contribution in [1.29, 1.82) is 0 Å². The molecule has 0 aliphatic carbocycles. The summed E-state index contributed by atoms with van der Waals surface area (Å²) in [6.07, 6.45) is -2.30. The Hall–Kier alpha value is -0.940. The molecule has 0 aromatic heterocycles. The molecule has 0 saturated carbocycles. The molecule has 0 aromatic carbocycles. The van der Waals surface area contributed by atoms with Gasteiger partial charge in [-0.15, -0.1) is 0 Å². The molecule has 1 heterocycles. The van der Waals surface area contributed by atoms with Crippen LogP contribution >= 0.6 is 0 Å². The van der Waals surface area contributed by atoms with Crippen molar-refractivity contribution in [3.05, 3.63) is 0 Å². The van der Waals surface area contributed by atoms with E-state index in [1.165, 1.54) is 13.8 Å². The Morgan fingerprint density at radius 2 is 1.88 bits per heavy atom. The van der Waals surface area contributed by atoms with Crippen molar-refractivity contribution >= 4 is 11.8 Å². The maximum atomic E-state index is 11.8. The molecule has 1 aliphatic heterocycles. The normalized spacial score (nSPS) is 35.2. The summed E-state index contributed by atoms with van der Waals surface area (Å²) in [5.41, 5.74) is -1.22. The molecule has 1 aliphatic rings. The van der Waals surface area contributed by atoms with Crippen molar-refractivity contribution in [2.24, 2.45) is 5.41 Å². The lowest BCUT2D eigenvalue weighted by Crippen LogP contribution is -2.47. The van der Waals surface area contributed by atoms with E-state index < -0.39 is 23.6 Å². The second-order valence-electron chi connectivity index (χ2n) is 5.23. The van der Waals surface area contributed by atoms with Gasteiger partial charge in [-0.2, -0.15) is 0 Å². The first-order valence-corrected chi connectivity index (χ1v) is 5.84. The van der Waals surface area contributed by atoms with Crippen LogP contribution in [0.4, 0.5) is 0 Å². The number of rotatable bonds is 0. The van der Waals surface area contributed by atoms with Gasteiger partial charge in [0.25, 0.3) is 0 Å². The van der Waals surface area contributed by atoms with E-state index in [0.29, 0.717) is 6.42 Å². The Morgan fingerprint density at radius 3 is 2.47 bits per heavy atom. The molecule has 2 N–H and O–H groups in total. The first-order valence-electron chi connectivity index (χ1n) is 5.84. The number of ketones is 1. The molecule has 1 saturated heterocycles. The molecule has 0 spiro atoms. The van der Waals surface area contributed by atoms with Crippen LogP contribution in [-0.4, -0.2) is 40.3 Å². The molecular weight excluding hydrogens is 224 g/mol. The summed E-state index contributed by atoms with van der Waals surface area (Å²) in [6, 6.07) is 0. The lowest BCUT2D eigenvalue weighted by molar-refractivity contribution is -0.173. The van der Waals surface area contributed by atoms with Gasteiger partial charge >= 0.3 is 5.97 Å². The third kappa shape index (κ3) is 3.26. The number of hydrogen-bond donors (Lipinski definition) is 2. The average molecular weight is 244 g/mol. The Bertz CT molecular complexity index is 310. The van der Waals surface area contributed by atoms with Crippen molar-refractivity contribution in [2.45, 2.75) is 58.3 Å². The zero-order valence-electron chi connectivity index (χ0n) is 10.5. The molecule has 0 bridgehead atoms. The van der Waals surface area contributed by atoms with Crippen molar-refractivity contribution in [2.75, 3.05) is 0 Å². The Labute approximate surface area is 101 Å². The minimum atomic E-state index is -1.30. The van der Waals surface area contributed by atoms with Crippen LogP contribution in [0.15, 0.2) is 0 Å².